The summed E-state index contributed by atoms with van der Waals surface area (Å²) in [5.41, 5.74) is 2.84. The molecule has 1 amide bonds. The van der Waals surface area contributed by atoms with Gasteiger partial charge in [0.05, 0.1) is 0 Å². The molecule has 9 heteroatoms. The molecule has 1 rings (SSSR count). The number of amides is 1. The molecule has 0 saturated heterocycles. The molecule has 0 saturated carbocycles. The van der Waals surface area contributed by atoms with Gasteiger partial charge in [-0.15, -0.1) is 21.9 Å². The topological polar surface area (TPSA) is 106 Å². The Bertz CT molecular complexity index is 757. The fourth-order valence-electron chi connectivity index (χ4n) is 2.17. The molecule has 0 spiro atoms. The van der Waals surface area contributed by atoms with Crippen LogP contribution in [-0.4, -0.2) is 29.7 Å². The van der Waals surface area contributed by atoms with Gasteiger partial charge in [-0.1, -0.05) is 6.58 Å². The Kier molecular flexibility index (Phi) is 9.07. The maximum absolute atomic E-state index is 12.3. The van der Waals surface area contributed by atoms with Crippen LogP contribution in [0.5, 0.6) is 0 Å². The molecule has 0 bridgehead atoms. The molecule has 0 unspecified atom stereocenters. The molecule has 0 heterocycles. The average Bonchev–Trinajstić information content (AvgIpc) is 2.58. The summed E-state index contributed by atoms with van der Waals surface area (Å²) in [6.45, 7) is 9.05. The minimum absolute atomic E-state index is 0.0357. The number of rotatable bonds is 9. The van der Waals surface area contributed by atoms with E-state index in [1.54, 1.807) is 38.1 Å². The third-order valence-electron chi connectivity index (χ3n) is 3.31. The molecule has 8 nitrogen and oxygen atoms in total. The van der Waals surface area contributed by atoms with Crippen LogP contribution in [-0.2, 0) is 4.84 Å². The van der Waals surface area contributed by atoms with Crippen molar-refractivity contribution in [2.24, 2.45) is 4.99 Å². The molecule has 2 N–H and O–H groups in total. The van der Waals surface area contributed by atoms with Gasteiger partial charge in [0.15, 0.2) is 0 Å². The van der Waals surface area contributed by atoms with Crippen LogP contribution < -0.4 is 10.6 Å². The van der Waals surface area contributed by atoms with E-state index in [0.717, 1.165) is 16.3 Å². The van der Waals surface area contributed by atoms with Crippen molar-refractivity contribution in [1.82, 2.24) is 5.32 Å². The summed E-state index contributed by atoms with van der Waals surface area (Å²) in [6, 6.07) is 7.00. The number of anilines is 1. The third-order valence-corrected chi connectivity index (χ3v) is 4.30. The van der Waals surface area contributed by atoms with Gasteiger partial charge >= 0.3 is 0 Å². The first-order valence-electron chi connectivity index (χ1n) is 8.13. The number of hydrogen-bond donors (Lipinski definition) is 2. The monoisotopic (exact) mass is 392 g/mol. The molecule has 0 fully saturated rings. The van der Waals surface area contributed by atoms with Crippen molar-refractivity contribution >= 4 is 29.2 Å². The van der Waals surface area contributed by atoms with Crippen LogP contribution in [0.2, 0.25) is 0 Å². The number of carbonyl (C=O) groups excluding carboxylic acids is 1. The van der Waals surface area contributed by atoms with Gasteiger partial charge in [0, 0.05) is 34.0 Å². The first-order chi connectivity index (χ1) is 12.7. The standard InChI is InChI=1S/C18H24N4O4S/c1-12(2)19-16-8-6-15(7-9-16)18(23)21-14(4)20-13(3)17(27-5)10-11-26-22(24)25/h6-9,19H,1,10-11H2,2-5H3,(H,20,21,23)/b17-13-. The van der Waals surface area contributed by atoms with E-state index in [4.69, 9.17) is 0 Å². The second-order valence-electron chi connectivity index (χ2n) is 5.65. The minimum Gasteiger partial charge on any atom is -0.360 e. The predicted octanol–water partition coefficient (Wildman–Crippen LogP) is 3.97. The van der Waals surface area contributed by atoms with Gasteiger partial charge in [0.1, 0.15) is 12.4 Å². The summed E-state index contributed by atoms with van der Waals surface area (Å²) in [5, 5.41) is 15.2. The van der Waals surface area contributed by atoms with Crippen molar-refractivity contribution < 1.29 is 14.7 Å². The fourth-order valence-corrected chi connectivity index (χ4v) is 2.80. The molecule has 1 aromatic carbocycles. The van der Waals surface area contributed by atoms with Gasteiger partial charge in [0.2, 0.25) is 0 Å². The highest BCUT2D eigenvalue weighted by Crippen LogP contribution is 2.21. The van der Waals surface area contributed by atoms with Gasteiger partial charge in [0.25, 0.3) is 11.0 Å². The smallest absolute Gasteiger partial charge is 0.294 e. The Hall–Kier alpha value is -2.81. The van der Waals surface area contributed by atoms with E-state index in [1.807, 2.05) is 13.2 Å². The minimum atomic E-state index is -0.820. The SMILES string of the molecule is C=C(C)Nc1ccc(C(=O)NC(C)=N/C(C)=C(/CCO[N+](=O)[O-])SC)cc1. The van der Waals surface area contributed by atoms with Gasteiger partial charge in [-0.05, 0) is 51.3 Å². The zero-order valence-corrected chi connectivity index (χ0v) is 16.7. The molecule has 0 aromatic heterocycles. The van der Waals surface area contributed by atoms with Crippen LogP contribution in [0.3, 0.4) is 0 Å². The van der Waals surface area contributed by atoms with Crippen LogP contribution in [0.4, 0.5) is 5.69 Å². The van der Waals surface area contributed by atoms with Gasteiger partial charge in [-0.2, -0.15) is 0 Å². The Morgan fingerprint density at radius 2 is 1.93 bits per heavy atom. The van der Waals surface area contributed by atoms with Crippen LogP contribution in [0.15, 0.2) is 52.1 Å². The van der Waals surface area contributed by atoms with Gasteiger partial charge < -0.3 is 15.5 Å². The summed E-state index contributed by atoms with van der Waals surface area (Å²) in [5.74, 6) is 0.164. The highest BCUT2D eigenvalue weighted by molar-refractivity contribution is 8.02. The number of hydrogen-bond acceptors (Lipinski definition) is 7. The molecule has 146 valence electrons. The number of aliphatic imine (C=N–C) groups is 1. The zero-order valence-electron chi connectivity index (χ0n) is 15.9. The lowest BCUT2D eigenvalue weighted by Gasteiger charge is -2.09. The van der Waals surface area contributed by atoms with E-state index >= 15 is 0 Å². The number of amidine groups is 1. The summed E-state index contributed by atoms with van der Waals surface area (Å²) < 4.78 is 0. The molecule has 27 heavy (non-hydrogen) atoms. The van der Waals surface area contributed by atoms with Crippen LogP contribution in [0.1, 0.15) is 37.6 Å². The number of nitrogens with one attached hydrogen (secondary N) is 2. The summed E-state index contributed by atoms with van der Waals surface area (Å²) in [4.78, 5) is 32.1. The predicted molar refractivity (Wildman–Crippen MR) is 109 cm³/mol. The fraction of sp³-hybridized carbons (Fsp3) is 0.333. The normalized spacial score (nSPS) is 12.1. The van der Waals surface area contributed by atoms with E-state index in [9.17, 15) is 14.9 Å². The van der Waals surface area contributed by atoms with Gasteiger partial charge in [-0.25, -0.2) is 4.99 Å². The molecular weight excluding hydrogens is 368 g/mol. The molecule has 0 aliphatic heterocycles. The summed E-state index contributed by atoms with van der Waals surface area (Å²) in [7, 11) is 0. The first kappa shape index (κ1) is 22.2. The first-order valence-corrected chi connectivity index (χ1v) is 9.35. The van der Waals surface area contributed by atoms with Crippen LogP contribution in [0, 0.1) is 10.1 Å². The summed E-state index contributed by atoms with van der Waals surface area (Å²) in [6.07, 6.45) is 2.23. The number of allylic oxidation sites excluding steroid dienone is 2. The molecule has 0 aliphatic carbocycles. The number of nitrogens with zero attached hydrogens (tertiary/aromatic N) is 2. The Morgan fingerprint density at radius 1 is 1.30 bits per heavy atom. The van der Waals surface area contributed by atoms with E-state index in [2.05, 4.69) is 27.0 Å². The van der Waals surface area contributed by atoms with E-state index < -0.39 is 5.09 Å². The Labute approximate surface area is 162 Å². The molecular formula is C18H24N4O4S. The van der Waals surface area contributed by atoms with Crippen molar-refractivity contribution in [3.63, 3.8) is 0 Å². The van der Waals surface area contributed by atoms with Gasteiger partial charge in [-0.3, -0.25) is 4.79 Å². The maximum atomic E-state index is 12.3. The highest BCUT2D eigenvalue weighted by Gasteiger charge is 2.08. The van der Waals surface area contributed by atoms with E-state index in [1.165, 1.54) is 11.8 Å². The van der Waals surface area contributed by atoms with E-state index in [-0.39, 0.29) is 12.5 Å². The number of carbonyl (C=O) groups is 1. The van der Waals surface area contributed by atoms with Crippen LogP contribution in [0.25, 0.3) is 0 Å². The Morgan fingerprint density at radius 3 is 2.44 bits per heavy atom. The molecule has 1 aromatic rings. The van der Waals surface area contributed by atoms with E-state index in [0.29, 0.717) is 23.5 Å². The maximum Gasteiger partial charge on any atom is 0.294 e. The quantitative estimate of drug-likeness (QED) is 0.285. The molecule has 0 radical (unpaired) electrons. The second-order valence-corrected chi connectivity index (χ2v) is 6.55. The van der Waals surface area contributed by atoms with Crippen molar-refractivity contribution in [1.29, 1.82) is 0 Å². The number of thioether (sulfide) groups is 1. The molecule has 0 aliphatic rings. The average molecular weight is 392 g/mol. The lowest BCUT2D eigenvalue weighted by Crippen LogP contribution is -2.28. The lowest BCUT2D eigenvalue weighted by molar-refractivity contribution is -0.757. The zero-order chi connectivity index (χ0) is 20.4. The van der Waals surface area contributed by atoms with Crippen molar-refractivity contribution in [2.75, 3.05) is 18.2 Å². The molecule has 0 atom stereocenters. The van der Waals surface area contributed by atoms with Crippen molar-refractivity contribution in [3.05, 3.63) is 62.8 Å². The highest BCUT2D eigenvalue weighted by atomic mass is 32.2. The summed E-state index contributed by atoms with van der Waals surface area (Å²) >= 11 is 1.44. The van der Waals surface area contributed by atoms with Crippen LogP contribution >= 0.6 is 11.8 Å². The second kappa shape index (κ2) is 11.0. The Balaban J connectivity index is 2.75. The van der Waals surface area contributed by atoms with Crippen molar-refractivity contribution in [3.8, 4) is 0 Å². The largest absolute Gasteiger partial charge is 0.360 e. The van der Waals surface area contributed by atoms with Crippen molar-refractivity contribution in [2.45, 2.75) is 27.2 Å². The number of benzene rings is 1. The third kappa shape index (κ3) is 8.41. The lowest BCUT2D eigenvalue weighted by atomic mass is 10.2.